The molecule has 0 bridgehead atoms. The summed E-state index contributed by atoms with van der Waals surface area (Å²) >= 11 is 1.63. The van der Waals surface area contributed by atoms with Crippen molar-refractivity contribution in [2.24, 2.45) is 11.7 Å². The number of hydrogen-bond acceptors (Lipinski definition) is 5. The highest BCUT2D eigenvalue weighted by Crippen LogP contribution is 2.29. The number of nitrogens with two attached hydrogens (primary N) is 1. The fourth-order valence-corrected chi connectivity index (χ4v) is 4.29. The molecule has 1 aromatic heterocycles. The smallest absolute Gasteiger partial charge is 0.243 e. The molecule has 6 heteroatoms. The van der Waals surface area contributed by atoms with Gasteiger partial charge < -0.3 is 15.8 Å². The van der Waals surface area contributed by atoms with E-state index in [2.05, 4.69) is 10.3 Å². The minimum atomic E-state index is -0.463. The Morgan fingerprint density at radius 3 is 2.73 bits per heavy atom. The van der Waals surface area contributed by atoms with Crippen molar-refractivity contribution in [2.45, 2.75) is 57.4 Å². The average Bonchev–Trinajstić information content (AvgIpc) is 2.88. The molecule has 0 saturated carbocycles. The van der Waals surface area contributed by atoms with Gasteiger partial charge in [0.05, 0.1) is 11.7 Å². The number of thiazole rings is 1. The molecule has 0 spiro atoms. The zero-order valence-corrected chi connectivity index (χ0v) is 13.8. The van der Waals surface area contributed by atoms with Crippen LogP contribution >= 0.6 is 11.3 Å². The third-order valence-electron chi connectivity index (χ3n) is 4.65. The zero-order chi connectivity index (χ0) is 15.4. The van der Waals surface area contributed by atoms with Gasteiger partial charge >= 0.3 is 0 Å². The number of hydrogen-bond donors (Lipinski definition) is 2. The molecule has 3 rings (SSSR count). The van der Waals surface area contributed by atoms with Crippen LogP contribution in [-0.4, -0.2) is 30.1 Å². The second-order valence-corrected chi connectivity index (χ2v) is 7.35. The van der Waals surface area contributed by atoms with Crippen molar-refractivity contribution in [3.63, 3.8) is 0 Å². The number of fused-ring (bicyclic) bond motifs is 1. The van der Waals surface area contributed by atoms with E-state index in [1.807, 2.05) is 0 Å². The molecule has 3 N–H and O–H groups in total. The quantitative estimate of drug-likeness (QED) is 0.896. The van der Waals surface area contributed by atoms with E-state index in [1.165, 1.54) is 36.3 Å². The number of nitrogens with one attached hydrogen (secondary N) is 1. The standard InChI is InChI=1S/C16H25N3O2S/c17-14(11-7-9-21-10-8-11)15(20)19-16-18-12-5-3-1-2-4-6-13(12)22-16/h11,14H,1-10,17H2,(H,18,19,20). The third-order valence-corrected chi connectivity index (χ3v) is 5.73. The predicted octanol–water partition coefficient (Wildman–Crippen LogP) is 2.49. The monoisotopic (exact) mass is 323 g/mol. The molecule has 0 aromatic carbocycles. The van der Waals surface area contributed by atoms with Crippen LogP contribution in [0.25, 0.3) is 0 Å². The van der Waals surface area contributed by atoms with Crippen molar-refractivity contribution in [1.29, 1.82) is 0 Å². The van der Waals surface area contributed by atoms with E-state index in [-0.39, 0.29) is 11.8 Å². The van der Waals surface area contributed by atoms with E-state index in [1.54, 1.807) is 11.3 Å². The number of aromatic nitrogens is 1. The summed E-state index contributed by atoms with van der Waals surface area (Å²) in [6.07, 6.45) is 8.87. The first-order valence-electron chi connectivity index (χ1n) is 8.37. The van der Waals surface area contributed by atoms with Crippen molar-refractivity contribution in [2.75, 3.05) is 18.5 Å². The lowest BCUT2D eigenvalue weighted by molar-refractivity contribution is -0.119. The van der Waals surface area contributed by atoms with Gasteiger partial charge in [-0.25, -0.2) is 4.98 Å². The lowest BCUT2D eigenvalue weighted by Gasteiger charge is -2.26. The molecule has 1 aromatic rings. The van der Waals surface area contributed by atoms with E-state index in [4.69, 9.17) is 10.5 Å². The molecule has 1 saturated heterocycles. The van der Waals surface area contributed by atoms with Crippen LogP contribution in [0.15, 0.2) is 0 Å². The molecule has 0 radical (unpaired) electrons. The Labute approximate surface area is 135 Å². The van der Waals surface area contributed by atoms with Gasteiger partial charge in [0, 0.05) is 18.1 Å². The number of anilines is 1. The maximum absolute atomic E-state index is 12.4. The van der Waals surface area contributed by atoms with Crippen molar-refractivity contribution < 1.29 is 9.53 Å². The molecule has 1 atom stereocenters. The average molecular weight is 323 g/mol. The second-order valence-electron chi connectivity index (χ2n) is 6.27. The maximum atomic E-state index is 12.4. The third kappa shape index (κ3) is 3.86. The summed E-state index contributed by atoms with van der Waals surface area (Å²) in [5.74, 6) is 0.114. The van der Waals surface area contributed by atoms with Crippen molar-refractivity contribution in [3.8, 4) is 0 Å². The van der Waals surface area contributed by atoms with Crippen molar-refractivity contribution >= 4 is 22.4 Å². The Kier molecular flexibility index (Phi) is 5.44. The Morgan fingerprint density at radius 1 is 1.23 bits per heavy atom. The molecule has 1 aliphatic heterocycles. The van der Waals surface area contributed by atoms with Crippen LogP contribution in [0.3, 0.4) is 0 Å². The van der Waals surface area contributed by atoms with Crippen LogP contribution in [0.5, 0.6) is 0 Å². The second kappa shape index (κ2) is 7.53. The van der Waals surface area contributed by atoms with Crippen LogP contribution < -0.4 is 11.1 Å². The van der Waals surface area contributed by atoms with E-state index in [0.717, 1.165) is 30.8 Å². The summed E-state index contributed by atoms with van der Waals surface area (Å²) < 4.78 is 5.33. The van der Waals surface area contributed by atoms with Gasteiger partial charge in [0.2, 0.25) is 5.91 Å². The number of aryl methyl sites for hydroxylation is 2. The van der Waals surface area contributed by atoms with E-state index >= 15 is 0 Å². The lowest BCUT2D eigenvalue weighted by Crippen LogP contribution is -2.44. The Balaban J connectivity index is 1.62. The van der Waals surface area contributed by atoms with Gasteiger partial charge in [-0.2, -0.15) is 0 Å². The van der Waals surface area contributed by atoms with E-state index in [0.29, 0.717) is 13.2 Å². The topological polar surface area (TPSA) is 77.2 Å². The predicted molar refractivity (Wildman–Crippen MR) is 88.1 cm³/mol. The Morgan fingerprint density at radius 2 is 1.95 bits per heavy atom. The molecule has 2 heterocycles. The number of rotatable bonds is 3. The van der Waals surface area contributed by atoms with E-state index < -0.39 is 6.04 Å². The molecule has 1 unspecified atom stereocenters. The highest BCUT2D eigenvalue weighted by Gasteiger charge is 2.27. The van der Waals surface area contributed by atoms with Crippen LogP contribution in [0.1, 0.15) is 49.1 Å². The molecule has 1 fully saturated rings. The fraction of sp³-hybridized carbons (Fsp3) is 0.750. The molecule has 22 heavy (non-hydrogen) atoms. The number of carbonyl (C=O) groups excluding carboxylic acids is 1. The van der Waals surface area contributed by atoms with Crippen LogP contribution in [0.2, 0.25) is 0 Å². The minimum Gasteiger partial charge on any atom is -0.381 e. The first kappa shape index (κ1) is 15.9. The minimum absolute atomic E-state index is 0.103. The number of ether oxygens (including phenoxy) is 1. The van der Waals surface area contributed by atoms with Gasteiger partial charge in [0.1, 0.15) is 0 Å². The highest BCUT2D eigenvalue weighted by atomic mass is 32.1. The summed E-state index contributed by atoms with van der Waals surface area (Å²) in [6, 6.07) is -0.463. The summed E-state index contributed by atoms with van der Waals surface area (Å²) in [5.41, 5.74) is 7.30. The summed E-state index contributed by atoms with van der Waals surface area (Å²) in [7, 11) is 0. The van der Waals surface area contributed by atoms with Crippen molar-refractivity contribution in [3.05, 3.63) is 10.6 Å². The lowest BCUT2D eigenvalue weighted by atomic mass is 9.92. The number of nitrogens with zero attached hydrogens (tertiary/aromatic N) is 1. The van der Waals surface area contributed by atoms with Crippen molar-refractivity contribution in [1.82, 2.24) is 4.98 Å². The molecular weight excluding hydrogens is 298 g/mol. The van der Waals surface area contributed by atoms with Gasteiger partial charge in [-0.05, 0) is 44.4 Å². The molecule has 2 aliphatic rings. The Hall–Kier alpha value is -0.980. The van der Waals surface area contributed by atoms with E-state index in [9.17, 15) is 4.79 Å². The Bertz CT molecular complexity index is 486. The SMILES string of the molecule is NC(C(=O)Nc1nc2c(s1)CCCCCC2)C1CCOCC1. The number of carbonyl (C=O) groups is 1. The largest absolute Gasteiger partial charge is 0.381 e. The maximum Gasteiger partial charge on any atom is 0.243 e. The fourth-order valence-electron chi connectivity index (χ4n) is 3.24. The molecule has 1 aliphatic carbocycles. The van der Waals surface area contributed by atoms with Gasteiger partial charge in [-0.3, -0.25) is 4.79 Å². The summed E-state index contributed by atoms with van der Waals surface area (Å²) in [6.45, 7) is 1.41. The molecule has 5 nitrogen and oxygen atoms in total. The first-order valence-corrected chi connectivity index (χ1v) is 9.18. The van der Waals surface area contributed by atoms with Gasteiger partial charge in [-0.1, -0.05) is 12.8 Å². The van der Waals surface area contributed by atoms with Crippen LogP contribution in [-0.2, 0) is 22.4 Å². The molecular formula is C16H25N3O2S. The zero-order valence-electron chi connectivity index (χ0n) is 13.0. The van der Waals surface area contributed by atoms with Gasteiger partial charge in [0.15, 0.2) is 5.13 Å². The highest BCUT2D eigenvalue weighted by molar-refractivity contribution is 7.15. The molecule has 122 valence electrons. The first-order chi connectivity index (χ1) is 10.7. The van der Waals surface area contributed by atoms with Gasteiger partial charge in [0.25, 0.3) is 0 Å². The van der Waals surface area contributed by atoms with Crippen LogP contribution in [0.4, 0.5) is 5.13 Å². The number of amides is 1. The van der Waals surface area contributed by atoms with Gasteiger partial charge in [-0.15, -0.1) is 11.3 Å². The normalized spacial score (nSPS) is 21.5. The molecule has 1 amide bonds. The van der Waals surface area contributed by atoms with Crippen LogP contribution in [0, 0.1) is 5.92 Å². The summed E-state index contributed by atoms with van der Waals surface area (Å²) in [4.78, 5) is 18.3. The summed E-state index contributed by atoms with van der Waals surface area (Å²) in [5, 5.41) is 3.66.